The largest absolute Gasteiger partial charge is 0.463 e. The summed E-state index contributed by atoms with van der Waals surface area (Å²) in [4.78, 5) is 14.2. The topological polar surface area (TPSA) is 60.2 Å². The number of rotatable bonds is 10. The average Bonchev–Trinajstić information content (AvgIpc) is 3.35. The molecule has 0 bridgehead atoms. The number of hydrogen-bond acceptors (Lipinski definition) is 5. The number of benzene rings is 4. The van der Waals surface area contributed by atoms with Crippen molar-refractivity contribution >= 4 is 27.8 Å². The fraction of sp³-hybridized carbons (Fsp3) is 0.194. The Hall–Kier alpha value is -4.29. The molecule has 0 radical (unpaired) electrons. The Labute approximate surface area is 216 Å². The van der Waals surface area contributed by atoms with Gasteiger partial charge in [0, 0.05) is 19.2 Å². The highest BCUT2D eigenvalue weighted by molar-refractivity contribution is 5.83. The van der Waals surface area contributed by atoms with Gasteiger partial charge >= 0.3 is 5.97 Å². The molecule has 37 heavy (non-hydrogen) atoms. The van der Waals surface area contributed by atoms with Crippen LogP contribution in [-0.4, -0.2) is 39.0 Å². The van der Waals surface area contributed by atoms with E-state index in [-0.39, 0.29) is 12.1 Å². The summed E-state index contributed by atoms with van der Waals surface area (Å²) in [6, 6.07) is 33.4. The number of carbonyl (C=O) groups is 1. The van der Waals surface area contributed by atoms with Gasteiger partial charge in [-0.15, -0.1) is 5.10 Å². The minimum atomic E-state index is -0.314. The monoisotopic (exact) mass is 490 g/mol. The Morgan fingerprint density at radius 2 is 1.70 bits per heavy atom. The Morgan fingerprint density at radius 1 is 0.946 bits per heavy atom. The Kier molecular flexibility index (Phi) is 7.67. The maximum Gasteiger partial charge on any atom is 0.330 e. The molecule has 0 saturated heterocycles. The summed E-state index contributed by atoms with van der Waals surface area (Å²) in [6.45, 7) is 3.59. The molecule has 0 fully saturated rings. The summed E-state index contributed by atoms with van der Waals surface area (Å²) in [6.07, 6.45) is 3.88. The highest BCUT2D eigenvalue weighted by Crippen LogP contribution is 2.30. The van der Waals surface area contributed by atoms with E-state index in [1.807, 2.05) is 41.9 Å². The van der Waals surface area contributed by atoms with E-state index in [9.17, 15) is 4.79 Å². The number of nitrogens with zero attached hydrogens (tertiary/aromatic N) is 4. The van der Waals surface area contributed by atoms with Crippen molar-refractivity contribution in [1.29, 1.82) is 0 Å². The fourth-order valence-electron chi connectivity index (χ4n) is 4.66. The van der Waals surface area contributed by atoms with E-state index >= 15 is 0 Å². The maximum absolute atomic E-state index is 11.8. The van der Waals surface area contributed by atoms with Crippen LogP contribution in [0.2, 0.25) is 0 Å². The fourth-order valence-corrected chi connectivity index (χ4v) is 4.66. The zero-order valence-corrected chi connectivity index (χ0v) is 20.9. The van der Waals surface area contributed by atoms with E-state index in [1.54, 1.807) is 0 Å². The molecule has 0 aliphatic carbocycles. The zero-order chi connectivity index (χ0) is 25.5. The minimum Gasteiger partial charge on any atom is -0.463 e. The van der Waals surface area contributed by atoms with Crippen molar-refractivity contribution in [2.24, 2.45) is 0 Å². The molecule has 6 nitrogen and oxygen atoms in total. The van der Waals surface area contributed by atoms with E-state index in [2.05, 4.69) is 88.0 Å². The molecular formula is C31H30N4O2. The van der Waals surface area contributed by atoms with Crippen LogP contribution in [0, 0.1) is 0 Å². The van der Waals surface area contributed by atoms with Crippen LogP contribution < -0.4 is 0 Å². The second kappa shape index (κ2) is 11.6. The summed E-state index contributed by atoms with van der Waals surface area (Å²) in [7, 11) is 0. The predicted molar refractivity (Wildman–Crippen MR) is 147 cm³/mol. The first-order valence-electron chi connectivity index (χ1n) is 12.6. The molecule has 6 heteroatoms. The van der Waals surface area contributed by atoms with Crippen LogP contribution in [0.3, 0.4) is 0 Å². The van der Waals surface area contributed by atoms with Crippen molar-refractivity contribution in [3.63, 3.8) is 0 Å². The SMILES string of the molecule is CCOC(=O)/C=C/CCN(Cc1ccccc1)C(c1ccc2ccccc2c1)n1nnc2ccccc21. The van der Waals surface area contributed by atoms with Gasteiger partial charge < -0.3 is 4.74 Å². The molecule has 186 valence electrons. The third kappa shape index (κ3) is 5.76. The van der Waals surface area contributed by atoms with Crippen molar-refractivity contribution in [1.82, 2.24) is 19.9 Å². The van der Waals surface area contributed by atoms with Crippen molar-refractivity contribution in [2.75, 3.05) is 13.2 Å². The van der Waals surface area contributed by atoms with Gasteiger partial charge in [0.05, 0.1) is 12.1 Å². The molecule has 0 aliphatic rings. The molecule has 0 amide bonds. The van der Waals surface area contributed by atoms with Crippen molar-refractivity contribution < 1.29 is 9.53 Å². The lowest BCUT2D eigenvalue weighted by atomic mass is 10.0. The normalized spacial score (nSPS) is 12.5. The summed E-state index contributed by atoms with van der Waals surface area (Å²) in [5.74, 6) is -0.314. The number of fused-ring (bicyclic) bond motifs is 2. The van der Waals surface area contributed by atoms with Gasteiger partial charge in [0.15, 0.2) is 0 Å². The quantitative estimate of drug-likeness (QED) is 0.174. The maximum atomic E-state index is 11.8. The third-order valence-electron chi connectivity index (χ3n) is 6.38. The number of esters is 1. The smallest absolute Gasteiger partial charge is 0.330 e. The van der Waals surface area contributed by atoms with Gasteiger partial charge in [0.1, 0.15) is 11.7 Å². The van der Waals surface area contributed by atoms with Crippen LogP contribution in [-0.2, 0) is 16.1 Å². The summed E-state index contributed by atoms with van der Waals surface area (Å²) in [5, 5.41) is 11.5. The molecule has 0 aliphatic heterocycles. The molecule has 1 heterocycles. The summed E-state index contributed by atoms with van der Waals surface area (Å²) >= 11 is 0. The molecule has 0 spiro atoms. The van der Waals surface area contributed by atoms with Crippen molar-refractivity contribution in [3.05, 3.63) is 120 Å². The van der Waals surface area contributed by atoms with Crippen LogP contribution in [0.4, 0.5) is 0 Å². The Bertz CT molecular complexity index is 1510. The van der Waals surface area contributed by atoms with Crippen molar-refractivity contribution in [2.45, 2.75) is 26.1 Å². The first kappa shape index (κ1) is 24.4. The molecule has 1 aromatic heterocycles. The Morgan fingerprint density at radius 3 is 2.54 bits per heavy atom. The van der Waals surface area contributed by atoms with E-state index in [1.165, 1.54) is 22.4 Å². The second-order valence-corrected chi connectivity index (χ2v) is 8.90. The number of carbonyl (C=O) groups excluding carboxylic acids is 1. The van der Waals surface area contributed by atoms with E-state index < -0.39 is 0 Å². The first-order chi connectivity index (χ1) is 18.2. The van der Waals surface area contributed by atoms with Crippen molar-refractivity contribution in [3.8, 4) is 0 Å². The lowest BCUT2D eigenvalue weighted by Crippen LogP contribution is -2.34. The molecule has 0 N–H and O–H groups in total. The van der Waals surface area contributed by atoms with E-state index in [4.69, 9.17) is 4.74 Å². The highest BCUT2D eigenvalue weighted by Gasteiger charge is 2.25. The Balaban J connectivity index is 1.57. The van der Waals surface area contributed by atoms with Gasteiger partial charge in [-0.05, 0) is 53.4 Å². The predicted octanol–water partition coefficient (Wildman–Crippen LogP) is 6.14. The van der Waals surface area contributed by atoms with Crippen LogP contribution >= 0.6 is 0 Å². The molecule has 0 saturated carbocycles. The first-order valence-corrected chi connectivity index (χ1v) is 12.6. The number of hydrogen-bond donors (Lipinski definition) is 0. The molecule has 4 aromatic carbocycles. The number of para-hydroxylation sites is 1. The van der Waals surface area contributed by atoms with Gasteiger partial charge in [-0.25, -0.2) is 9.48 Å². The molecule has 1 atom stereocenters. The molecule has 5 rings (SSSR count). The number of aromatic nitrogens is 3. The lowest BCUT2D eigenvalue weighted by molar-refractivity contribution is -0.137. The lowest BCUT2D eigenvalue weighted by Gasteiger charge is -2.32. The van der Waals surface area contributed by atoms with Crippen LogP contribution in [0.1, 0.15) is 30.6 Å². The molecule has 1 unspecified atom stereocenters. The van der Waals surface area contributed by atoms with Gasteiger partial charge in [-0.3, -0.25) is 4.90 Å². The van der Waals surface area contributed by atoms with Gasteiger partial charge in [-0.1, -0.05) is 90.2 Å². The van der Waals surface area contributed by atoms with Crippen LogP contribution in [0.5, 0.6) is 0 Å². The number of ether oxygens (including phenoxy) is 1. The van der Waals surface area contributed by atoms with E-state index in [0.29, 0.717) is 26.1 Å². The third-order valence-corrected chi connectivity index (χ3v) is 6.38. The van der Waals surface area contributed by atoms with Crippen LogP contribution in [0.15, 0.2) is 109 Å². The summed E-state index contributed by atoms with van der Waals surface area (Å²) < 4.78 is 7.06. The van der Waals surface area contributed by atoms with E-state index in [0.717, 1.165) is 16.6 Å². The molecular weight excluding hydrogens is 460 g/mol. The second-order valence-electron chi connectivity index (χ2n) is 8.90. The zero-order valence-electron chi connectivity index (χ0n) is 20.9. The molecule has 5 aromatic rings. The average molecular weight is 491 g/mol. The highest BCUT2D eigenvalue weighted by atomic mass is 16.5. The van der Waals surface area contributed by atoms with Gasteiger partial charge in [-0.2, -0.15) is 0 Å². The van der Waals surface area contributed by atoms with Crippen LogP contribution in [0.25, 0.3) is 21.8 Å². The van der Waals surface area contributed by atoms with Gasteiger partial charge in [0.25, 0.3) is 0 Å². The minimum absolute atomic E-state index is 0.201. The summed E-state index contributed by atoms with van der Waals surface area (Å²) in [5.41, 5.74) is 4.16. The standard InChI is InChI=1S/C31H30N4O2/c1-2-37-30(36)18-10-11-21-34(23-24-12-4-3-5-13-24)31(35-29-17-9-8-16-28(29)32-33-35)27-20-19-25-14-6-7-15-26(25)22-27/h3-10,12-20,22,31H,2,11,21,23H2,1H3/b18-10+. The van der Waals surface area contributed by atoms with Gasteiger partial charge in [0.2, 0.25) is 0 Å².